The zero-order valence-electron chi connectivity index (χ0n) is 11.1. The normalized spacial score (nSPS) is 16.6. The van der Waals surface area contributed by atoms with Crippen molar-refractivity contribution in [1.29, 1.82) is 0 Å². The zero-order valence-corrected chi connectivity index (χ0v) is 12.7. The summed E-state index contributed by atoms with van der Waals surface area (Å²) in [5.41, 5.74) is 2.49. The first-order valence-corrected chi connectivity index (χ1v) is 7.31. The van der Waals surface area contributed by atoms with E-state index in [0.29, 0.717) is 6.54 Å². The highest BCUT2D eigenvalue weighted by molar-refractivity contribution is 9.10. The average molecular weight is 327 g/mol. The molecule has 0 aliphatic carbocycles. The van der Waals surface area contributed by atoms with Gasteiger partial charge in [-0.2, -0.15) is 0 Å². The number of halogens is 1. The predicted octanol–water partition coefficient (Wildman–Crippen LogP) is 2.35. The van der Waals surface area contributed by atoms with Crippen molar-refractivity contribution in [3.05, 3.63) is 28.2 Å². The molecule has 0 radical (unpaired) electrons. The summed E-state index contributed by atoms with van der Waals surface area (Å²) < 4.78 is 1.14. The van der Waals surface area contributed by atoms with E-state index in [9.17, 15) is 4.79 Å². The maximum absolute atomic E-state index is 10.6. The van der Waals surface area contributed by atoms with E-state index < -0.39 is 5.97 Å². The Hall–Kier alpha value is -1.07. The third-order valence-corrected chi connectivity index (χ3v) is 4.41. The molecule has 1 aliphatic heterocycles. The second-order valence-corrected chi connectivity index (χ2v) is 5.76. The summed E-state index contributed by atoms with van der Waals surface area (Å²) in [6, 6.07) is 6.41. The Morgan fingerprint density at radius 3 is 2.58 bits per heavy atom. The number of anilines is 1. The number of hydrogen-bond donors (Lipinski definition) is 1. The van der Waals surface area contributed by atoms with Crippen LogP contribution >= 0.6 is 15.9 Å². The summed E-state index contributed by atoms with van der Waals surface area (Å²) >= 11 is 3.51. The van der Waals surface area contributed by atoms with Crippen molar-refractivity contribution >= 4 is 27.6 Å². The molecular weight excluding hydrogens is 308 g/mol. The minimum absolute atomic E-state index is 0.234. The van der Waals surface area contributed by atoms with Gasteiger partial charge in [0.05, 0.1) is 6.42 Å². The van der Waals surface area contributed by atoms with Crippen LogP contribution in [0.25, 0.3) is 0 Å². The van der Waals surface area contributed by atoms with Crippen molar-refractivity contribution in [2.24, 2.45) is 0 Å². The van der Waals surface area contributed by atoms with E-state index in [-0.39, 0.29) is 6.42 Å². The van der Waals surface area contributed by atoms with Crippen LogP contribution in [-0.4, -0.2) is 48.7 Å². The van der Waals surface area contributed by atoms with Crippen LogP contribution in [0.15, 0.2) is 22.7 Å². The number of aryl methyl sites for hydroxylation is 1. The zero-order chi connectivity index (χ0) is 13.8. The molecule has 0 bridgehead atoms. The SMILES string of the molecule is Cc1cc(N2CCN(CCC(=O)O)CC2)ccc1Br. The maximum Gasteiger partial charge on any atom is 0.304 e. The lowest BCUT2D eigenvalue weighted by Crippen LogP contribution is -2.46. The number of piperazine rings is 1. The van der Waals surface area contributed by atoms with E-state index in [1.807, 2.05) is 0 Å². The average Bonchev–Trinajstić information content (AvgIpc) is 2.40. The van der Waals surface area contributed by atoms with E-state index in [1.165, 1.54) is 11.3 Å². The topological polar surface area (TPSA) is 43.8 Å². The Bertz CT molecular complexity index is 457. The summed E-state index contributed by atoms with van der Waals surface area (Å²) in [4.78, 5) is 15.1. The van der Waals surface area contributed by atoms with Gasteiger partial charge in [0.2, 0.25) is 0 Å². The number of nitrogens with zero attached hydrogens (tertiary/aromatic N) is 2. The molecule has 1 fully saturated rings. The van der Waals surface area contributed by atoms with Crippen molar-refractivity contribution in [1.82, 2.24) is 4.90 Å². The van der Waals surface area contributed by atoms with Gasteiger partial charge in [0, 0.05) is 42.9 Å². The number of benzene rings is 1. The van der Waals surface area contributed by atoms with Crippen LogP contribution < -0.4 is 4.90 Å². The predicted molar refractivity (Wildman–Crippen MR) is 79.8 cm³/mol. The third-order valence-electron chi connectivity index (χ3n) is 3.52. The van der Waals surface area contributed by atoms with Crippen LogP contribution in [0.5, 0.6) is 0 Å². The van der Waals surface area contributed by atoms with Gasteiger partial charge >= 0.3 is 5.97 Å². The fourth-order valence-electron chi connectivity index (χ4n) is 2.31. The fraction of sp³-hybridized carbons (Fsp3) is 0.500. The Morgan fingerprint density at radius 1 is 1.32 bits per heavy atom. The monoisotopic (exact) mass is 326 g/mol. The Kier molecular flexibility index (Phi) is 4.82. The van der Waals surface area contributed by atoms with Gasteiger partial charge in [-0.05, 0) is 30.7 Å². The number of rotatable bonds is 4. The molecule has 1 aromatic carbocycles. The molecule has 0 atom stereocenters. The van der Waals surface area contributed by atoms with E-state index in [4.69, 9.17) is 5.11 Å². The lowest BCUT2D eigenvalue weighted by molar-refractivity contribution is -0.137. The standard InChI is InChI=1S/C14H19BrN2O2/c1-11-10-12(2-3-13(11)15)17-8-6-16(7-9-17)5-4-14(18)19/h2-3,10H,4-9H2,1H3,(H,18,19). The molecule has 4 nitrogen and oxygen atoms in total. The highest BCUT2D eigenvalue weighted by Crippen LogP contribution is 2.23. The van der Waals surface area contributed by atoms with Gasteiger partial charge in [-0.3, -0.25) is 9.69 Å². The number of hydrogen-bond acceptors (Lipinski definition) is 3. The lowest BCUT2D eigenvalue weighted by atomic mass is 10.2. The molecule has 2 rings (SSSR count). The maximum atomic E-state index is 10.6. The van der Waals surface area contributed by atoms with Gasteiger partial charge < -0.3 is 10.0 Å². The van der Waals surface area contributed by atoms with Gasteiger partial charge in [0.1, 0.15) is 0 Å². The molecule has 104 valence electrons. The number of carboxylic acids is 1. The quantitative estimate of drug-likeness (QED) is 0.922. The van der Waals surface area contributed by atoms with Crippen molar-refractivity contribution in [2.45, 2.75) is 13.3 Å². The Morgan fingerprint density at radius 2 is 2.00 bits per heavy atom. The second-order valence-electron chi connectivity index (χ2n) is 4.91. The minimum atomic E-state index is -0.717. The summed E-state index contributed by atoms with van der Waals surface area (Å²) in [7, 11) is 0. The number of carbonyl (C=O) groups is 1. The summed E-state index contributed by atoms with van der Waals surface area (Å²) in [5, 5.41) is 8.69. The molecule has 0 amide bonds. The summed E-state index contributed by atoms with van der Waals surface area (Å²) in [5.74, 6) is -0.717. The van der Waals surface area contributed by atoms with Crippen LogP contribution in [0.3, 0.4) is 0 Å². The fourth-order valence-corrected chi connectivity index (χ4v) is 2.56. The van der Waals surface area contributed by atoms with E-state index >= 15 is 0 Å². The number of aliphatic carboxylic acids is 1. The second kappa shape index (κ2) is 6.39. The van der Waals surface area contributed by atoms with Crippen molar-refractivity contribution < 1.29 is 9.90 Å². The Balaban J connectivity index is 1.88. The van der Waals surface area contributed by atoms with Crippen LogP contribution in [0.1, 0.15) is 12.0 Å². The van der Waals surface area contributed by atoms with Crippen molar-refractivity contribution in [3.63, 3.8) is 0 Å². The van der Waals surface area contributed by atoms with E-state index in [0.717, 1.165) is 30.7 Å². The highest BCUT2D eigenvalue weighted by Gasteiger charge is 2.17. The summed E-state index contributed by atoms with van der Waals surface area (Å²) in [6.07, 6.45) is 0.234. The molecule has 1 heterocycles. The molecule has 1 N–H and O–H groups in total. The van der Waals surface area contributed by atoms with Crippen LogP contribution in [0.2, 0.25) is 0 Å². The minimum Gasteiger partial charge on any atom is -0.481 e. The van der Waals surface area contributed by atoms with Crippen molar-refractivity contribution in [2.75, 3.05) is 37.6 Å². The van der Waals surface area contributed by atoms with Gasteiger partial charge in [0.25, 0.3) is 0 Å². The van der Waals surface area contributed by atoms with Crippen LogP contribution in [0.4, 0.5) is 5.69 Å². The summed E-state index contributed by atoms with van der Waals surface area (Å²) in [6.45, 7) is 6.53. The molecule has 0 saturated carbocycles. The molecule has 19 heavy (non-hydrogen) atoms. The molecule has 1 saturated heterocycles. The van der Waals surface area contributed by atoms with Gasteiger partial charge in [-0.1, -0.05) is 15.9 Å². The number of carboxylic acid groups (broad SMARTS) is 1. The third kappa shape index (κ3) is 3.94. The van der Waals surface area contributed by atoms with Crippen molar-refractivity contribution in [3.8, 4) is 0 Å². The van der Waals surface area contributed by atoms with Crippen LogP contribution in [0, 0.1) is 6.92 Å². The molecule has 5 heteroatoms. The molecule has 1 aromatic rings. The molecule has 0 spiro atoms. The highest BCUT2D eigenvalue weighted by atomic mass is 79.9. The molecule has 0 unspecified atom stereocenters. The first-order chi connectivity index (χ1) is 9.06. The van der Waals surface area contributed by atoms with E-state index in [2.05, 4.69) is 50.9 Å². The van der Waals surface area contributed by atoms with Gasteiger partial charge in [-0.25, -0.2) is 0 Å². The van der Waals surface area contributed by atoms with Gasteiger partial charge in [0.15, 0.2) is 0 Å². The molecular formula is C14H19BrN2O2. The Labute approximate surface area is 122 Å². The van der Waals surface area contributed by atoms with E-state index in [1.54, 1.807) is 0 Å². The molecule has 1 aliphatic rings. The van der Waals surface area contributed by atoms with Crippen LogP contribution in [-0.2, 0) is 4.79 Å². The first kappa shape index (κ1) is 14.3. The smallest absolute Gasteiger partial charge is 0.304 e. The largest absolute Gasteiger partial charge is 0.481 e. The van der Waals surface area contributed by atoms with Gasteiger partial charge in [-0.15, -0.1) is 0 Å². The first-order valence-electron chi connectivity index (χ1n) is 6.51. The lowest BCUT2D eigenvalue weighted by Gasteiger charge is -2.36. The molecule has 0 aromatic heterocycles.